The second-order valence-corrected chi connectivity index (χ2v) is 21.5. The number of esters is 2. The van der Waals surface area contributed by atoms with Crippen molar-refractivity contribution >= 4 is 22.1 Å². The first-order valence-electron chi connectivity index (χ1n) is 27.2. The van der Waals surface area contributed by atoms with E-state index in [4.69, 9.17) is 70.5 Å². The van der Waals surface area contributed by atoms with Crippen molar-refractivity contribution in [2.75, 3.05) is 40.3 Å². The molecule has 0 spiro atoms. The number of hydrogen-bond donors (Lipinski definition) is 1. The summed E-state index contributed by atoms with van der Waals surface area (Å²) in [5.41, 5.74) is 4.06. The van der Waals surface area contributed by atoms with E-state index in [9.17, 15) is 23.1 Å². The van der Waals surface area contributed by atoms with E-state index >= 15 is 0 Å². The molecule has 3 heterocycles. The Hall–Kier alpha value is -5.57. The van der Waals surface area contributed by atoms with Gasteiger partial charge < -0.3 is 71.4 Å². The lowest BCUT2D eigenvalue weighted by Crippen LogP contribution is -2.68. The first-order chi connectivity index (χ1) is 39.9. The molecule has 5 aromatic rings. The molecule has 3 fully saturated rings. The van der Waals surface area contributed by atoms with Crippen molar-refractivity contribution < 1.29 is 93.6 Å². The molecule has 0 radical (unpaired) electrons. The van der Waals surface area contributed by atoms with Gasteiger partial charge in [0.15, 0.2) is 31.1 Å². The third kappa shape index (κ3) is 17.3. The normalized spacial score (nSPS) is 28.5. The van der Waals surface area contributed by atoms with Crippen LogP contribution < -0.4 is 0 Å². The molecular weight excluding hydrogens is 1080 g/mol. The zero-order valence-electron chi connectivity index (χ0n) is 46.6. The number of carbonyl (C=O) groups excluding carboxylic acids is 2. The fourth-order valence-corrected chi connectivity index (χ4v) is 11.0. The van der Waals surface area contributed by atoms with E-state index in [1.807, 2.05) is 152 Å². The maximum absolute atomic E-state index is 14.4. The number of aliphatic hydroxyl groups is 1. The lowest BCUT2D eigenvalue weighted by atomic mass is 9.94. The van der Waals surface area contributed by atoms with Gasteiger partial charge in [-0.15, -0.1) is 0 Å². The highest BCUT2D eigenvalue weighted by Crippen LogP contribution is 2.39. The van der Waals surface area contributed by atoms with Gasteiger partial charge in [0, 0.05) is 21.1 Å². The molecule has 5 aromatic carbocycles. The Bertz CT molecular complexity index is 2770. The Labute approximate surface area is 479 Å². The van der Waals surface area contributed by atoms with E-state index < -0.39 is 120 Å². The van der Waals surface area contributed by atoms with E-state index in [1.54, 1.807) is 6.92 Å². The van der Waals surface area contributed by atoms with Crippen LogP contribution in [0.3, 0.4) is 0 Å². The number of aliphatic hydroxyl groups excluding tert-OH is 1. The summed E-state index contributed by atoms with van der Waals surface area (Å²) in [6, 6.07) is 46.9. The fraction of sp³-hybridized carbons (Fsp3) is 0.475. The first-order valence-corrected chi connectivity index (χ1v) is 28.8. The predicted octanol–water partition coefficient (Wildman–Crippen LogP) is 6.37. The van der Waals surface area contributed by atoms with E-state index in [-0.39, 0.29) is 52.7 Å². The summed E-state index contributed by atoms with van der Waals surface area (Å²) in [5, 5.41) is 12.2. The third-order valence-electron chi connectivity index (χ3n) is 14.0. The molecule has 3 saturated heterocycles. The molecule has 0 amide bonds. The summed E-state index contributed by atoms with van der Waals surface area (Å²) in [7, 11) is -0.116. The minimum Gasteiger partial charge on any atom is -0.467 e. The molecule has 3 aliphatic rings. The van der Waals surface area contributed by atoms with Crippen molar-refractivity contribution in [3.63, 3.8) is 0 Å². The number of ether oxygens (including phenoxy) is 14. The fourth-order valence-electron chi connectivity index (χ4n) is 10.0. The maximum Gasteiger partial charge on any atom is 0.337 e. The van der Waals surface area contributed by atoms with Gasteiger partial charge in [-0.3, -0.25) is 8.98 Å². The highest BCUT2D eigenvalue weighted by Gasteiger charge is 2.59. The smallest absolute Gasteiger partial charge is 0.337 e. The molecule has 0 aromatic heterocycles. The highest BCUT2D eigenvalue weighted by molar-refractivity contribution is 7.86. The minimum absolute atomic E-state index is 0.0154. The van der Waals surface area contributed by atoms with Gasteiger partial charge in [-0.1, -0.05) is 152 Å². The second-order valence-electron chi connectivity index (χ2n) is 19.7. The lowest BCUT2D eigenvalue weighted by molar-refractivity contribution is -0.382. The zero-order chi connectivity index (χ0) is 57.8. The van der Waals surface area contributed by atoms with Gasteiger partial charge in [0.25, 0.3) is 10.1 Å². The van der Waals surface area contributed by atoms with E-state index in [1.165, 1.54) is 21.1 Å². The molecule has 3 aliphatic heterocycles. The molecule has 21 heteroatoms. The number of hydrogen-bond acceptors (Lipinski definition) is 20. The molecule has 15 atom stereocenters. The molecule has 444 valence electrons. The molecule has 0 unspecified atom stereocenters. The zero-order valence-corrected chi connectivity index (χ0v) is 47.4. The van der Waals surface area contributed by atoms with E-state index in [2.05, 4.69) is 0 Å². The van der Waals surface area contributed by atoms with Crippen LogP contribution >= 0.6 is 0 Å². The third-order valence-corrected chi connectivity index (χ3v) is 15.3. The molecule has 82 heavy (non-hydrogen) atoms. The summed E-state index contributed by atoms with van der Waals surface area (Å²) in [6.45, 7) is 2.86. The summed E-state index contributed by atoms with van der Waals surface area (Å²) >= 11 is 0. The van der Waals surface area contributed by atoms with Crippen molar-refractivity contribution in [2.45, 2.75) is 145 Å². The maximum atomic E-state index is 14.4. The Kier molecular flexibility index (Phi) is 23.9. The largest absolute Gasteiger partial charge is 0.467 e. The van der Waals surface area contributed by atoms with Crippen LogP contribution in [-0.2, 0) is 123 Å². The monoisotopic (exact) mass is 1160 g/mol. The van der Waals surface area contributed by atoms with E-state index in [0.717, 1.165) is 34.9 Å². The van der Waals surface area contributed by atoms with Crippen LogP contribution in [-0.4, -0.2) is 158 Å². The Morgan fingerprint density at radius 2 is 0.939 bits per heavy atom. The number of benzene rings is 5. The van der Waals surface area contributed by atoms with Crippen LogP contribution in [0.15, 0.2) is 152 Å². The summed E-state index contributed by atoms with van der Waals surface area (Å²) in [6.07, 6.45) is -20.4. The molecule has 8 rings (SSSR count). The van der Waals surface area contributed by atoms with Gasteiger partial charge in [0.05, 0.1) is 65.2 Å². The van der Waals surface area contributed by atoms with Gasteiger partial charge in [-0.2, -0.15) is 8.42 Å². The standard InChI is InChI=1S/C61H74O20S/c1-6-75-82(65,66)33-32-46-48(63)50(71-35-42-24-14-8-15-25-42)55(73-37-44-28-18-10-19-29-44)60(77-46)80-53-51(67-3)57(76-40(2)62)61(81-54(53)58(64)68-4)79-49-47(39-70-34-41-22-12-7-13-23-41)78-59(69-5)56(74-38-45-30-20-11-21-31-45)52(49)72-36-43-26-16-9-17-27-43/h7-31,46-57,59-61,63H,6,32-39H2,1-5H3/t46-,47-,48-,49-,50+,51+,52+,53+,54-,55-,56-,57-,59+,60-,61-/m1/s1. The van der Waals surface area contributed by atoms with Gasteiger partial charge in [-0.25, -0.2) is 4.79 Å². The van der Waals surface area contributed by atoms with Crippen LogP contribution in [0, 0.1) is 0 Å². The van der Waals surface area contributed by atoms with Crippen LogP contribution in [0.25, 0.3) is 0 Å². The summed E-state index contributed by atoms with van der Waals surface area (Å²) in [5.74, 6) is -2.29. The van der Waals surface area contributed by atoms with Crippen molar-refractivity contribution in [1.82, 2.24) is 0 Å². The number of methoxy groups -OCH3 is 3. The van der Waals surface area contributed by atoms with Gasteiger partial charge >= 0.3 is 11.9 Å². The average molecular weight is 1160 g/mol. The predicted molar refractivity (Wildman–Crippen MR) is 293 cm³/mol. The van der Waals surface area contributed by atoms with Gasteiger partial charge in [-0.05, 0) is 41.2 Å². The molecule has 1 N–H and O–H groups in total. The number of carbonyl (C=O) groups is 2. The van der Waals surface area contributed by atoms with Gasteiger partial charge in [0.2, 0.25) is 0 Å². The minimum atomic E-state index is -4.08. The summed E-state index contributed by atoms with van der Waals surface area (Å²) in [4.78, 5) is 27.8. The SMILES string of the molecule is CCOS(=O)(=O)CC[C@H]1O[C@H](O[C@H]2[C@H](OC)[C@@H](OC(C)=O)[C@H](O[C@H]3[C@H](OCc4ccccc4)[C@@H](OCc4ccccc4)[C@@H](OC)O[C@@H]3COCc3ccccc3)O[C@H]2C(=O)OC)[C@H](OCc2ccccc2)[C@@H](OCc2ccccc2)[C@@H]1O. The van der Waals surface area contributed by atoms with Crippen molar-refractivity contribution in [3.8, 4) is 0 Å². The van der Waals surface area contributed by atoms with Crippen molar-refractivity contribution in [3.05, 3.63) is 179 Å². The molecule has 0 bridgehead atoms. The van der Waals surface area contributed by atoms with E-state index in [0.29, 0.717) is 0 Å². The van der Waals surface area contributed by atoms with Crippen LogP contribution in [0.2, 0.25) is 0 Å². The van der Waals surface area contributed by atoms with Crippen LogP contribution in [0.4, 0.5) is 0 Å². The summed E-state index contributed by atoms with van der Waals surface area (Å²) < 4.78 is 122. The highest BCUT2D eigenvalue weighted by atomic mass is 32.2. The lowest BCUT2D eigenvalue weighted by Gasteiger charge is -2.50. The molecular formula is C61H74O20S. The average Bonchev–Trinajstić information content (AvgIpc) is 3.14. The van der Waals surface area contributed by atoms with Gasteiger partial charge in [0.1, 0.15) is 54.9 Å². The van der Waals surface area contributed by atoms with Crippen LogP contribution in [0.5, 0.6) is 0 Å². The topological polar surface area (TPSA) is 227 Å². The first kappa shape index (κ1) is 62.5. The number of rotatable bonds is 29. The molecule has 0 saturated carbocycles. The van der Waals surface area contributed by atoms with Crippen molar-refractivity contribution in [2.24, 2.45) is 0 Å². The van der Waals surface area contributed by atoms with Crippen molar-refractivity contribution in [1.29, 1.82) is 0 Å². The Balaban J connectivity index is 1.17. The molecule has 0 aliphatic carbocycles. The Morgan fingerprint density at radius 3 is 1.40 bits per heavy atom. The Morgan fingerprint density at radius 1 is 0.500 bits per heavy atom. The molecule has 20 nitrogen and oxygen atoms in total. The second kappa shape index (κ2) is 31.4. The quantitative estimate of drug-likeness (QED) is 0.0405. The van der Waals surface area contributed by atoms with Crippen LogP contribution in [0.1, 0.15) is 48.1 Å².